The molecule has 146 valence electrons. The van der Waals surface area contributed by atoms with Gasteiger partial charge in [-0.1, -0.05) is 54.6 Å². The quantitative estimate of drug-likeness (QED) is 0.251. The number of hydrogen-bond donors (Lipinski definition) is 0. The van der Waals surface area contributed by atoms with Gasteiger partial charge in [0, 0.05) is 5.56 Å². The molecule has 3 rings (SSSR count). The van der Waals surface area contributed by atoms with Crippen LogP contribution >= 0.6 is 0 Å². The first-order chi connectivity index (χ1) is 14.1. The highest BCUT2D eigenvalue weighted by atomic mass is 16.5. The van der Waals surface area contributed by atoms with E-state index in [2.05, 4.69) is 0 Å². The zero-order chi connectivity index (χ0) is 20.6. The largest absolute Gasteiger partial charge is 0.496 e. The summed E-state index contributed by atoms with van der Waals surface area (Å²) < 4.78 is 16.0. The Morgan fingerprint density at radius 1 is 0.793 bits per heavy atom. The van der Waals surface area contributed by atoms with Crippen molar-refractivity contribution in [2.75, 3.05) is 14.2 Å². The molecule has 0 amide bonds. The Morgan fingerprint density at radius 3 is 2.10 bits per heavy atom. The van der Waals surface area contributed by atoms with Crippen molar-refractivity contribution in [2.45, 2.75) is 0 Å². The normalized spacial score (nSPS) is 10.6. The number of carbonyl (C=O) groups is 2. The molecule has 0 heterocycles. The van der Waals surface area contributed by atoms with E-state index in [9.17, 15) is 9.59 Å². The van der Waals surface area contributed by atoms with E-state index in [0.29, 0.717) is 22.8 Å². The van der Waals surface area contributed by atoms with Gasteiger partial charge in [0.25, 0.3) is 0 Å². The fraction of sp³-hybridized carbons (Fsp3) is 0.0833. The number of methoxy groups -OCH3 is 2. The molecular weight excluding hydrogens is 368 g/mol. The fourth-order valence-corrected chi connectivity index (χ4v) is 2.76. The first kappa shape index (κ1) is 19.9. The summed E-state index contributed by atoms with van der Waals surface area (Å²) in [7, 11) is 2.95. The summed E-state index contributed by atoms with van der Waals surface area (Å²) in [5.41, 5.74) is 1.54. The van der Waals surface area contributed by atoms with Crippen LogP contribution in [-0.2, 0) is 0 Å². The minimum atomic E-state index is -0.596. The first-order valence-electron chi connectivity index (χ1n) is 8.93. The molecule has 0 unspecified atom stereocenters. The molecule has 5 heteroatoms. The molecule has 5 nitrogen and oxygen atoms in total. The highest BCUT2D eigenvalue weighted by Gasteiger charge is 2.20. The van der Waals surface area contributed by atoms with E-state index in [1.807, 2.05) is 24.3 Å². The number of ketones is 1. The Bertz CT molecular complexity index is 1020. The maximum atomic E-state index is 12.7. The van der Waals surface area contributed by atoms with Gasteiger partial charge in [0.15, 0.2) is 5.78 Å². The van der Waals surface area contributed by atoms with Gasteiger partial charge in [-0.3, -0.25) is 4.79 Å². The van der Waals surface area contributed by atoms with Gasteiger partial charge in [0.2, 0.25) is 0 Å². The first-order valence-corrected chi connectivity index (χ1v) is 8.93. The van der Waals surface area contributed by atoms with Crippen LogP contribution in [0.5, 0.6) is 17.2 Å². The summed E-state index contributed by atoms with van der Waals surface area (Å²) in [5, 5.41) is 0. The summed E-state index contributed by atoms with van der Waals surface area (Å²) in [6.07, 6.45) is 3.16. The number of benzene rings is 3. The van der Waals surface area contributed by atoms with E-state index in [4.69, 9.17) is 14.2 Å². The second kappa shape index (κ2) is 9.37. The standard InChI is InChI=1S/C24H20O5/c1-27-21-12-7-13-22(28-2)23(21)24(26)29-19-11-6-8-17(16-19)14-15-20(25)18-9-4-3-5-10-18/h3-16H,1-2H3. The number of allylic oxidation sites excluding steroid dienone is 1. The van der Waals surface area contributed by atoms with E-state index >= 15 is 0 Å². The van der Waals surface area contributed by atoms with Crippen LogP contribution in [0.1, 0.15) is 26.3 Å². The third-order valence-electron chi connectivity index (χ3n) is 4.19. The Labute approximate surface area is 169 Å². The minimum Gasteiger partial charge on any atom is -0.496 e. The van der Waals surface area contributed by atoms with Crippen LogP contribution in [0.2, 0.25) is 0 Å². The lowest BCUT2D eigenvalue weighted by Crippen LogP contribution is -2.12. The van der Waals surface area contributed by atoms with Gasteiger partial charge in [0.1, 0.15) is 22.8 Å². The van der Waals surface area contributed by atoms with Crippen LogP contribution in [0.15, 0.2) is 78.9 Å². The second-order valence-corrected chi connectivity index (χ2v) is 6.06. The molecule has 0 bridgehead atoms. The van der Waals surface area contributed by atoms with Gasteiger partial charge in [-0.25, -0.2) is 4.79 Å². The van der Waals surface area contributed by atoms with Gasteiger partial charge in [-0.05, 0) is 35.9 Å². The van der Waals surface area contributed by atoms with E-state index < -0.39 is 5.97 Å². The summed E-state index contributed by atoms with van der Waals surface area (Å²) >= 11 is 0. The van der Waals surface area contributed by atoms with Crippen LogP contribution < -0.4 is 14.2 Å². The van der Waals surface area contributed by atoms with E-state index in [1.165, 1.54) is 20.3 Å². The lowest BCUT2D eigenvalue weighted by Gasteiger charge is -2.12. The highest BCUT2D eigenvalue weighted by Crippen LogP contribution is 2.29. The smallest absolute Gasteiger partial charge is 0.351 e. The van der Waals surface area contributed by atoms with Crippen LogP contribution in [0.25, 0.3) is 6.08 Å². The molecule has 0 saturated heterocycles. The third kappa shape index (κ3) is 4.90. The zero-order valence-corrected chi connectivity index (χ0v) is 16.1. The Hall–Kier alpha value is -3.86. The van der Waals surface area contributed by atoms with Crippen LogP contribution in [0.3, 0.4) is 0 Å². The predicted molar refractivity (Wildman–Crippen MR) is 111 cm³/mol. The van der Waals surface area contributed by atoms with E-state index in [1.54, 1.807) is 54.6 Å². The molecule has 3 aromatic rings. The number of rotatable bonds is 7. The van der Waals surface area contributed by atoms with Gasteiger partial charge < -0.3 is 14.2 Å². The van der Waals surface area contributed by atoms with Gasteiger partial charge in [-0.2, -0.15) is 0 Å². The highest BCUT2D eigenvalue weighted by molar-refractivity contribution is 6.06. The van der Waals surface area contributed by atoms with Crippen molar-refractivity contribution in [3.8, 4) is 17.2 Å². The number of ether oxygens (including phenoxy) is 3. The maximum Gasteiger partial charge on any atom is 0.351 e. The second-order valence-electron chi connectivity index (χ2n) is 6.06. The zero-order valence-electron chi connectivity index (χ0n) is 16.1. The molecule has 0 aromatic heterocycles. The third-order valence-corrected chi connectivity index (χ3v) is 4.19. The molecule has 0 N–H and O–H groups in total. The number of esters is 1. The molecule has 3 aromatic carbocycles. The molecule has 0 fully saturated rings. The predicted octanol–water partition coefficient (Wildman–Crippen LogP) is 4.82. The van der Waals surface area contributed by atoms with Crippen molar-refractivity contribution in [3.63, 3.8) is 0 Å². The molecular formula is C24H20O5. The molecule has 0 aliphatic heterocycles. The summed E-state index contributed by atoms with van der Waals surface area (Å²) in [5.74, 6) is 0.363. The van der Waals surface area contributed by atoms with Crippen LogP contribution in [0.4, 0.5) is 0 Å². The van der Waals surface area contributed by atoms with Crippen molar-refractivity contribution in [1.29, 1.82) is 0 Å². The maximum absolute atomic E-state index is 12.7. The van der Waals surface area contributed by atoms with Gasteiger partial charge in [-0.15, -0.1) is 0 Å². The molecule has 29 heavy (non-hydrogen) atoms. The molecule has 0 saturated carbocycles. The lowest BCUT2D eigenvalue weighted by molar-refractivity contribution is 0.0727. The van der Waals surface area contributed by atoms with Crippen LogP contribution in [-0.4, -0.2) is 26.0 Å². The van der Waals surface area contributed by atoms with Crippen molar-refractivity contribution in [2.24, 2.45) is 0 Å². The van der Waals surface area contributed by atoms with Crippen molar-refractivity contribution in [1.82, 2.24) is 0 Å². The topological polar surface area (TPSA) is 61.8 Å². The molecule has 0 aliphatic carbocycles. The average Bonchev–Trinajstić information content (AvgIpc) is 2.77. The summed E-state index contributed by atoms with van der Waals surface area (Å²) in [6.45, 7) is 0. The SMILES string of the molecule is COc1cccc(OC)c1C(=O)Oc1cccc(C=CC(=O)c2ccccc2)c1. The Balaban J connectivity index is 1.78. The summed E-state index contributed by atoms with van der Waals surface area (Å²) in [4.78, 5) is 24.9. The minimum absolute atomic E-state index is 0.105. The van der Waals surface area contributed by atoms with Gasteiger partial charge in [0.05, 0.1) is 14.2 Å². The number of hydrogen-bond acceptors (Lipinski definition) is 5. The van der Waals surface area contributed by atoms with Crippen molar-refractivity contribution >= 4 is 17.8 Å². The molecule has 0 radical (unpaired) electrons. The molecule has 0 aliphatic rings. The lowest BCUT2D eigenvalue weighted by atomic mass is 10.1. The molecule has 0 atom stereocenters. The molecule has 0 spiro atoms. The van der Waals surface area contributed by atoms with E-state index in [0.717, 1.165) is 5.56 Å². The summed E-state index contributed by atoms with van der Waals surface area (Å²) in [6, 6.07) is 20.9. The van der Waals surface area contributed by atoms with Crippen molar-refractivity contribution < 1.29 is 23.8 Å². The average molecular weight is 388 g/mol. The van der Waals surface area contributed by atoms with Crippen LogP contribution in [0, 0.1) is 0 Å². The fourth-order valence-electron chi connectivity index (χ4n) is 2.76. The Morgan fingerprint density at radius 2 is 1.45 bits per heavy atom. The van der Waals surface area contributed by atoms with Gasteiger partial charge >= 0.3 is 5.97 Å². The Kier molecular flexibility index (Phi) is 6.43. The number of carbonyl (C=O) groups excluding carboxylic acids is 2. The monoisotopic (exact) mass is 388 g/mol. The van der Waals surface area contributed by atoms with E-state index in [-0.39, 0.29) is 11.3 Å². The van der Waals surface area contributed by atoms with Crippen molar-refractivity contribution in [3.05, 3.63) is 95.6 Å².